The maximum absolute atomic E-state index is 13.3. The molecule has 98 valence electrons. The summed E-state index contributed by atoms with van der Waals surface area (Å²) in [6.07, 6.45) is 0. The normalized spacial score (nSPS) is 13.0. The third kappa shape index (κ3) is 2.40. The first-order valence-corrected chi connectivity index (χ1v) is 7.26. The molecule has 1 unspecified atom stereocenters. The molecular formula is C13H10F2N2S2. The third-order valence-electron chi connectivity index (χ3n) is 2.83. The van der Waals surface area contributed by atoms with Crippen molar-refractivity contribution < 1.29 is 8.78 Å². The van der Waals surface area contributed by atoms with Crippen molar-refractivity contribution in [1.82, 2.24) is 5.43 Å². The number of rotatable bonds is 3. The number of hydrogen-bond donors (Lipinski definition) is 2. The van der Waals surface area contributed by atoms with Crippen molar-refractivity contribution in [2.24, 2.45) is 5.84 Å². The van der Waals surface area contributed by atoms with Gasteiger partial charge in [0.2, 0.25) is 0 Å². The minimum absolute atomic E-state index is 0.408. The van der Waals surface area contributed by atoms with Crippen LogP contribution in [0.2, 0.25) is 0 Å². The molecule has 2 heterocycles. The topological polar surface area (TPSA) is 38.0 Å². The van der Waals surface area contributed by atoms with E-state index in [0.29, 0.717) is 5.56 Å². The highest BCUT2D eigenvalue weighted by Gasteiger charge is 2.17. The summed E-state index contributed by atoms with van der Waals surface area (Å²) < 4.78 is 28.9. The molecule has 1 aromatic carbocycles. The molecule has 3 aromatic rings. The lowest BCUT2D eigenvalue weighted by Crippen LogP contribution is -2.28. The van der Waals surface area contributed by atoms with Crippen molar-refractivity contribution in [1.29, 1.82) is 0 Å². The zero-order valence-electron chi connectivity index (χ0n) is 9.69. The Morgan fingerprint density at radius 2 is 1.79 bits per heavy atom. The van der Waals surface area contributed by atoms with Gasteiger partial charge in [-0.15, -0.1) is 22.7 Å². The number of nitrogens with two attached hydrogens (primary N) is 1. The van der Waals surface area contributed by atoms with Gasteiger partial charge in [0.15, 0.2) is 0 Å². The van der Waals surface area contributed by atoms with E-state index in [0.717, 1.165) is 20.3 Å². The smallest absolute Gasteiger partial charge is 0.126 e. The lowest BCUT2D eigenvalue weighted by atomic mass is 10.1. The second-order valence-electron chi connectivity index (χ2n) is 4.10. The second-order valence-corrected chi connectivity index (χ2v) is 6.16. The number of benzene rings is 1. The van der Waals surface area contributed by atoms with Crippen LogP contribution < -0.4 is 11.3 Å². The molecule has 0 fully saturated rings. The quantitative estimate of drug-likeness (QED) is 0.570. The van der Waals surface area contributed by atoms with Gasteiger partial charge in [0.1, 0.15) is 11.6 Å². The molecule has 6 heteroatoms. The summed E-state index contributed by atoms with van der Waals surface area (Å²) in [6, 6.07) is 7.05. The number of thiophene rings is 2. The molecule has 0 radical (unpaired) electrons. The molecule has 0 aliphatic carbocycles. The van der Waals surface area contributed by atoms with Crippen LogP contribution in [0, 0.1) is 11.6 Å². The Morgan fingerprint density at radius 3 is 2.42 bits per heavy atom. The fraction of sp³-hybridized carbons (Fsp3) is 0.0769. The fourth-order valence-electron chi connectivity index (χ4n) is 2.01. The summed E-state index contributed by atoms with van der Waals surface area (Å²) in [5.74, 6) is 4.34. The summed E-state index contributed by atoms with van der Waals surface area (Å²) in [6.45, 7) is 0. The predicted molar refractivity (Wildman–Crippen MR) is 75.2 cm³/mol. The Labute approximate surface area is 116 Å². The molecule has 0 aliphatic heterocycles. The van der Waals surface area contributed by atoms with Gasteiger partial charge in [0, 0.05) is 20.3 Å². The highest BCUT2D eigenvalue weighted by Crippen LogP contribution is 2.35. The molecule has 0 aliphatic rings. The molecule has 0 saturated carbocycles. The molecule has 0 saturated heterocycles. The Balaban J connectivity index is 2.06. The van der Waals surface area contributed by atoms with Crippen LogP contribution in [0.5, 0.6) is 0 Å². The van der Waals surface area contributed by atoms with Crippen molar-refractivity contribution in [2.75, 3.05) is 0 Å². The second kappa shape index (κ2) is 4.97. The fourth-order valence-corrected chi connectivity index (χ4v) is 4.22. The van der Waals surface area contributed by atoms with E-state index in [1.165, 1.54) is 12.1 Å². The molecular weight excluding hydrogens is 286 g/mol. The average Bonchev–Trinajstić information content (AvgIpc) is 2.89. The first-order chi connectivity index (χ1) is 9.17. The summed E-state index contributed by atoms with van der Waals surface area (Å²) in [5, 5.41) is 2.01. The van der Waals surface area contributed by atoms with Crippen LogP contribution in [0.3, 0.4) is 0 Å². The minimum Gasteiger partial charge on any atom is -0.271 e. The Morgan fingerprint density at radius 1 is 1.05 bits per heavy atom. The zero-order valence-corrected chi connectivity index (χ0v) is 11.3. The standard InChI is InChI=1S/C13H10F2N2S2/c14-8-3-7(4-9(15)5-8)13(17-16)12-6-11-10(19-12)1-2-18-11/h1-6,13,17H,16H2. The van der Waals surface area contributed by atoms with E-state index in [1.54, 1.807) is 22.7 Å². The van der Waals surface area contributed by atoms with E-state index in [9.17, 15) is 8.78 Å². The molecule has 19 heavy (non-hydrogen) atoms. The van der Waals surface area contributed by atoms with Crippen molar-refractivity contribution in [3.05, 3.63) is 57.8 Å². The van der Waals surface area contributed by atoms with Crippen molar-refractivity contribution in [2.45, 2.75) is 6.04 Å². The van der Waals surface area contributed by atoms with Gasteiger partial charge in [-0.05, 0) is 35.2 Å². The maximum Gasteiger partial charge on any atom is 0.126 e. The SMILES string of the molecule is NNC(c1cc(F)cc(F)c1)c1cc2sccc2s1. The number of halogens is 2. The molecule has 2 aromatic heterocycles. The Hall–Kier alpha value is -1.34. The van der Waals surface area contributed by atoms with Gasteiger partial charge in [0.25, 0.3) is 0 Å². The van der Waals surface area contributed by atoms with Crippen LogP contribution in [-0.2, 0) is 0 Å². The van der Waals surface area contributed by atoms with Crippen LogP contribution in [0.25, 0.3) is 9.40 Å². The van der Waals surface area contributed by atoms with Crippen molar-refractivity contribution >= 4 is 32.1 Å². The highest BCUT2D eigenvalue weighted by molar-refractivity contribution is 7.27. The van der Waals surface area contributed by atoms with Crippen LogP contribution in [0.15, 0.2) is 35.7 Å². The van der Waals surface area contributed by atoms with Crippen molar-refractivity contribution in [3.8, 4) is 0 Å². The summed E-state index contributed by atoms with van der Waals surface area (Å²) >= 11 is 3.20. The van der Waals surface area contributed by atoms with Gasteiger partial charge >= 0.3 is 0 Å². The first kappa shape index (κ1) is 12.7. The summed E-state index contributed by atoms with van der Waals surface area (Å²) in [5.41, 5.74) is 3.10. The number of hydrazine groups is 1. The molecule has 2 nitrogen and oxygen atoms in total. The van der Waals surface area contributed by atoms with E-state index in [4.69, 9.17) is 5.84 Å². The van der Waals surface area contributed by atoms with Crippen LogP contribution >= 0.6 is 22.7 Å². The van der Waals surface area contributed by atoms with Gasteiger partial charge in [-0.25, -0.2) is 14.2 Å². The molecule has 0 spiro atoms. The number of nitrogens with one attached hydrogen (secondary N) is 1. The average molecular weight is 296 g/mol. The van der Waals surface area contributed by atoms with E-state index in [-0.39, 0.29) is 0 Å². The van der Waals surface area contributed by atoms with E-state index < -0.39 is 17.7 Å². The first-order valence-electron chi connectivity index (χ1n) is 5.56. The highest BCUT2D eigenvalue weighted by atomic mass is 32.1. The lowest BCUT2D eigenvalue weighted by molar-refractivity contribution is 0.568. The van der Waals surface area contributed by atoms with E-state index >= 15 is 0 Å². The molecule has 0 bridgehead atoms. The van der Waals surface area contributed by atoms with Gasteiger partial charge in [-0.3, -0.25) is 5.84 Å². The predicted octanol–water partition coefficient (Wildman–Crippen LogP) is 3.79. The van der Waals surface area contributed by atoms with Gasteiger partial charge in [-0.1, -0.05) is 0 Å². The number of hydrogen-bond acceptors (Lipinski definition) is 4. The van der Waals surface area contributed by atoms with Gasteiger partial charge in [-0.2, -0.15) is 0 Å². The van der Waals surface area contributed by atoms with E-state index in [2.05, 4.69) is 5.43 Å². The van der Waals surface area contributed by atoms with Crippen LogP contribution in [0.1, 0.15) is 16.5 Å². The summed E-state index contributed by atoms with van der Waals surface area (Å²) in [7, 11) is 0. The van der Waals surface area contributed by atoms with Gasteiger partial charge in [0.05, 0.1) is 6.04 Å². The van der Waals surface area contributed by atoms with E-state index in [1.807, 2.05) is 17.5 Å². The van der Waals surface area contributed by atoms with Gasteiger partial charge < -0.3 is 0 Å². The zero-order chi connectivity index (χ0) is 13.4. The molecule has 3 rings (SSSR count). The van der Waals surface area contributed by atoms with Crippen LogP contribution in [0.4, 0.5) is 8.78 Å². The van der Waals surface area contributed by atoms with Crippen molar-refractivity contribution in [3.63, 3.8) is 0 Å². The Kier molecular flexibility index (Phi) is 3.32. The Bertz CT molecular complexity index is 672. The largest absolute Gasteiger partial charge is 0.271 e. The maximum atomic E-state index is 13.3. The third-order valence-corrected chi connectivity index (χ3v) is 4.99. The monoisotopic (exact) mass is 296 g/mol. The summed E-state index contributed by atoms with van der Waals surface area (Å²) in [4.78, 5) is 0.939. The van der Waals surface area contributed by atoms with Crippen LogP contribution in [-0.4, -0.2) is 0 Å². The molecule has 1 atom stereocenters. The minimum atomic E-state index is -0.603. The molecule has 3 N–H and O–H groups in total. The molecule has 0 amide bonds. The lowest BCUT2D eigenvalue weighted by Gasteiger charge is -2.14. The number of fused-ring (bicyclic) bond motifs is 1.